The van der Waals surface area contributed by atoms with Gasteiger partial charge in [0.2, 0.25) is 5.91 Å². The molecule has 3 heteroatoms. The van der Waals surface area contributed by atoms with E-state index in [1.165, 1.54) is 12.0 Å². The predicted octanol–water partition coefficient (Wildman–Crippen LogP) is 2.46. The molecule has 1 aromatic carbocycles. The summed E-state index contributed by atoms with van der Waals surface area (Å²) in [7, 11) is 1.68. The lowest BCUT2D eigenvalue weighted by Gasteiger charge is -2.24. The molecule has 2 rings (SSSR count). The van der Waals surface area contributed by atoms with Crippen molar-refractivity contribution in [3.8, 4) is 5.75 Å². The SMILES string of the molecule is COc1ccc(C)cc1CCNC(=O)C1CCC1. The van der Waals surface area contributed by atoms with Crippen molar-refractivity contribution in [1.29, 1.82) is 0 Å². The van der Waals surface area contributed by atoms with Gasteiger partial charge in [0, 0.05) is 12.5 Å². The molecule has 0 aliphatic heterocycles. The van der Waals surface area contributed by atoms with Crippen LogP contribution < -0.4 is 10.1 Å². The maximum Gasteiger partial charge on any atom is 0.223 e. The number of rotatable bonds is 5. The Kier molecular flexibility index (Phi) is 4.24. The number of carbonyl (C=O) groups excluding carboxylic acids is 1. The molecule has 1 aromatic rings. The van der Waals surface area contributed by atoms with Gasteiger partial charge in [-0.2, -0.15) is 0 Å². The van der Waals surface area contributed by atoms with Crippen molar-refractivity contribution in [3.63, 3.8) is 0 Å². The van der Waals surface area contributed by atoms with Gasteiger partial charge in [0.05, 0.1) is 7.11 Å². The van der Waals surface area contributed by atoms with Crippen LogP contribution in [0.1, 0.15) is 30.4 Å². The highest BCUT2D eigenvalue weighted by atomic mass is 16.5. The van der Waals surface area contributed by atoms with Crippen LogP contribution in [-0.4, -0.2) is 19.6 Å². The van der Waals surface area contributed by atoms with E-state index in [4.69, 9.17) is 4.74 Å². The summed E-state index contributed by atoms with van der Waals surface area (Å²) in [5, 5.41) is 3.01. The highest BCUT2D eigenvalue weighted by Crippen LogP contribution is 2.26. The van der Waals surface area contributed by atoms with E-state index in [0.29, 0.717) is 6.54 Å². The third kappa shape index (κ3) is 3.03. The minimum absolute atomic E-state index is 0.216. The summed E-state index contributed by atoms with van der Waals surface area (Å²) in [6.45, 7) is 2.75. The van der Waals surface area contributed by atoms with E-state index in [-0.39, 0.29) is 11.8 Å². The summed E-state index contributed by atoms with van der Waals surface area (Å²) in [5.74, 6) is 1.38. The zero-order chi connectivity index (χ0) is 13.0. The molecule has 1 aliphatic rings. The number of methoxy groups -OCH3 is 1. The molecular weight excluding hydrogens is 226 g/mol. The summed E-state index contributed by atoms with van der Waals surface area (Å²) in [5.41, 5.74) is 2.38. The number of amides is 1. The van der Waals surface area contributed by atoms with E-state index in [9.17, 15) is 4.79 Å². The Hall–Kier alpha value is -1.51. The molecule has 1 aliphatic carbocycles. The second kappa shape index (κ2) is 5.89. The average molecular weight is 247 g/mol. The molecule has 0 saturated heterocycles. The van der Waals surface area contributed by atoms with Crippen LogP contribution in [0.2, 0.25) is 0 Å². The molecule has 0 aromatic heterocycles. The van der Waals surface area contributed by atoms with E-state index >= 15 is 0 Å². The molecule has 0 heterocycles. The lowest BCUT2D eigenvalue weighted by atomic mass is 9.85. The van der Waals surface area contributed by atoms with Crippen molar-refractivity contribution < 1.29 is 9.53 Å². The molecule has 3 nitrogen and oxygen atoms in total. The van der Waals surface area contributed by atoms with E-state index < -0.39 is 0 Å². The van der Waals surface area contributed by atoms with Crippen LogP contribution in [-0.2, 0) is 11.2 Å². The molecule has 18 heavy (non-hydrogen) atoms. The molecule has 0 unspecified atom stereocenters. The van der Waals surface area contributed by atoms with Crippen LogP contribution in [0.25, 0.3) is 0 Å². The molecule has 1 saturated carbocycles. The summed E-state index contributed by atoms with van der Waals surface area (Å²) < 4.78 is 5.32. The minimum Gasteiger partial charge on any atom is -0.496 e. The van der Waals surface area contributed by atoms with Crippen LogP contribution in [0.15, 0.2) is 18.2 Å². The fourth-order valence-electron chi connectivity index (χ4n) is 2.24. The second-order valence-electron chi connectivity index (χ2n) is 4.98. The number of hydrogen-bond donors (Lipinski definition) is 1. The largest absolute Gasteiger partial charge is 0.496 e. The quantitative estimate of drug-likeness (QED) is 0.868. The van der Waals surface area contributed by atoms with Crippen molar-refractivity contribution in [1.82, 2.24) is 5.32 Å². The van der Waals surface area contributed by atoms with Gasteiger partial charge in [-0.15, -0.1) is 0 Å². The number of aryl methyl sites for hydroxylation is 1. The highest BCUT2D eigenvalue weighted by Gasteiger charge is 2.24. The van der Waals surface area contributed by atoms with Gasteiger partial charge in [-0.25, -0.2) is 0 Å². The van der Waals surface area contributed by atoms with E-state index in [2.05, 4.69) is 18.3 Å². The Balaban J connectivity index is 1.85. The van der Waals surface area contributed by atoms with Gasteiger partial charge < -0.3 is 10.1 Å². The number of hydrogen-bond acceptors (Lipinski definition) is 2. The molecule has 1 fully saturated rings. The van der Waals surface area contributed by atoms with Gasteiger partial charge in [0.15, 0.2) is 0 Å². The third-order valence-electron chi connectivity index (χ3n) is 3.61. The van der Waals surface area contributed by atoms with E-state index in [1.54, 1.807) is 7.11 Å². The zero-order valence-corrected chi connectivity index (χ0v) is 11.2. The minimum atomic E-state index is 0.216. The maximum absolute atomic E-state index is 11.7. The van der Waals surface area contributed by atoms with Crippen LogP contribution in [0.4, 0.5) is 0 Å². The van der Waals surface area contributed by atoms with Crippen LogP contribution in [0.3, 0.4) is 0 Å². The number of carbonyl (C=O) groups is 1. The first kappa shape index (κ1) is 12.9. The zero-order valence-electron chi connectivity index (χ0n) is 11.2. The van der Waals surface area contributed by atoms with Crippen molar-refractivity contribution in [2.24, 2.45) is 5.92 Å². The van der Waals surface area contributed by atoms with Crippen molar-refractivity contribution in [3.05, 3.63) is 29.3 Å². The van der Waals surface area contributed by atoms with E-state index in [1.807, 2.05) is 12.1 Å². The lowest BCUT2D eigenvalue weighted by molar-refractivity contribution is -0.127. The van der Waals surface area contributed by atoms with Gasteiger partial charge in [-0.1, -0.05) is 24.1 Å². The molecule has 1 N–H and O–H groups in total. The number of ether oxygens (including phenoxy) is 1. The summed E-state index contributed by atoms with van der Waals surface area (Å²) in [4.78, 5) is 11.7. The number of benzene rings is 1. The Labute approximate surface area is 109 Å². The van der Waals surface area contributed by atoms with Crippen LogP contribution >= 0.6 is 0 Å². The first-order chi connectivity index (χ1) is 8.70. The van der Waals surface area contributed by atoms with Gasteiger partial charge in [-0.05, 0) is 37.8 Å². The molecule has 0 bridgehead atoms. The molecule has 1 amide bonds. The van der Waals surface area contributed by atoms with Crippen LogP contribution in [0, 0.1) is 12.8 Å². The van der Waals surface area contributed by atoms with Gasteiger partial charge in [0.1, 0.15) is 5.75 Å². The molecule has 0 radical (unpaired) electrons. The predicted molar refractivity (Wildman–Crippen MR) is 71.8 cm³/mol. The van der Waals surface area contributed by atoms with Crippen molar-refractivity contribution in [2.45, 2.75) is 32.6 Å². The summed E-state index contributed by atoms with van der Waals surface area (Å²) >= 11 is 0. The summed E-state index contributed by atoms with van der Waals surface area (Å²) in [6.07, 6.45) is 4.13. The monoisotopic (exact) mass is 247 g/mol. The fraction of sp³-hybridized carbons (Fsp3) is 0.533. The van der Waals surface area contributed by atoms with E-state index in [0.717, 1.165) is 30.6 Å². The smallest absolute Gasteiger partial charge is 0.223 e. The molecule has 0 atom stereocenters. The molecule has 0 spiro atoms. The first-order valence-corrected chi connectivity index (χ1v) is 6.62. The van der Waals surface area contributed by atoms with Gasteiger partial charge in [-0.3, -0.25) is 4.79 Å². The Bertz CT molecular complexity index is 425. The van der Waals surface area contributed by atoms with Crippen molar-refractivity contribution >= 4 is 5.91 Å². The Morgan fingerprint density at radius 3 is 2.83 bits per heavy atom. The Morgan fingerprint density at radius 2 is 2.22 bits per heavy atom. The third-order valence-corrected chi connectivity index (χ3v) is 3.61. The standard InChI is InChI=1S/C15H21NO2/c1-11-6-7-14(18-2)13(10-11)8-9-16-15(17)12-4-3-5-12/h6-7,10,12H,3-5,8-9H2,1-2H3,(H,16,17). The molecular formula is C15H21NO2. The topological polar surface area (TPSA) is 38.3 Å². The summed E-state index contributed by atoms with van der Waals surface area (Å²) in [6, 6.07) is 6.14. The maximum atomic E-state index is 11.7. The first-order valence-electron chi connectivity index (χ1n) is 6.62. The Morgan fingerprint density at radius 1 is 1.44 bits per heavy atom. The lowest BCUT2D eigenvalue weighted by Crippen LogP contribution is -2.35. The second-order valence-corrected chi connectivity index (χ2v) is 4.98. The highest BCUT2D eigenvalue weighted by molar-refractivity contribution is 5.79. The van der Waals surface area contributed by atoms with Gasteiger partial charge >= 0.3 is 0 Å². The average Bonchev–Trinajstić information content (AvgIpc) is 2.27. The molecule has 98 valence electrons. The normalized spacial score (nSPS) is 15.0. The number of nitrogens with one attached hydrogen (secondary N) is 1. The van der Waals surface area contributed by atoms with Gasteiger partial charge in [0.25, 0.3) is 0 Å². The fourth-order valence-corrected chi connectivity index (χ4v) is 2.24. The van der Waals surface area contributed by atoms with Crippen LogP contribution in [0.5, 0.6) is 5.75 Å². The van der Waals surface area contributed by atoms with Crippen molar-refractivity contribution in [2.75, 3.05) is 13.7 Å².